The molecule has 4 aliphatic heterocycles. The predicted molar refractivity (Wildman–Crippen MR) is 153 cm³/mol. The van der Waals surface area contributed by atoms with Crippen molar-refractivity contribution in [3.63, 3.8) is 0 Å². The Morgan fingerprint density at radius 3 is 2.88 bits per heavy atom. The molecule has 220 valence electrons. The minimum absolute atomic E-state index is 0.0271. The number of fused-ring (bicyclic) bond motifs is 2. The highest BCUT2D eigenvalue weighted by Crippen LogP contribution is 2.53. The number of likely N-dealkylation sites (N-methyl/N-ethyl adjacent to an activating group) is 1. The Balaban J connectivity index is 1.24. The van der Waals surface area contributed by atoms with Crippen LogP contribution < -0.4 is 10.6 Å². The van der Waals surface area contributed by atoms with E-state index in [2.05, 4.69) is 40.1 Å². The normalized spacial score (nSPS) is 35.7. The van der Waals surface area contributed by atoms with E-state index < -0.39 is 17.1 Å². The van der Waals surface area contributed by atoms with Gasteiger partial charge in [-0.25, -0.2) is 4.39 Å². The Morgan fingerprint density at radius 1 is 1.29 bits per heavy atom. The number of hydrogen-bond acceptors (Lipinski definition) is 9. The minimum Gasteiger partial charge on any atom is -0.348 e. The SMILES string of the molecule is C=CC(=O)N1CCN(C2NC(OCC3CCCN3C)NC3C(=O)[C@@]4(CCC32)Cc2cccc(F)c2S4)CC1CC#N. The highest BCUT2D eigenvalue weighted by atomic mass is 32.2. The fraction of sp³-hybridized carbons (Fsp3) is 0.633. The van der Waals surface area contributed by atoms with Crippen molar-refractivity contribution < 1.29 is 18.7 Å². The minimum atomic E-state index is -0.685. The molecule has 1 spiro atoms. The van der Waals surface area contributed by atoms with Gasteiger partial charge < -0.3 is 14.5 Å². The van der Waals surface area contributed by atoms with Crippen LogP contribution in [0.1, 0.15) is 37.7 Å². The van der Waals surface area contributed by atoms with Crippen molar-refractivity contribution in [3.8, 4) is 6.07 Å². The molecule has 5 aliphatic rings. The number of carbonyl (C=O) groups excluding carboxylic acids is 2. The summed E-state index contributed by atoms with van der Waals surface area (Å²) >= 11 is 1.40. The van der Waals surface area contributed by atoms with E-state index in [0.29, 0.717) is 50.0 Å². The summed E-state index contributed by atoms with van der Waals surface area (Å²) in [5.74, 6) is -0.335. The van der Waals surface area contributed by atoms with Crippen LogP contribution >= 0.6 is 11.8 Å². The maximum absolute atomic E-state index is 14.7. The van der Waals surface area contributed by atoms with Gasteiger partial charge in [-0.05, 0) is 63.4 Å². The molecule has 0 radical (unpaired) electrons. The molecule has 4 heterocycles. The number of Topliss-reactive ketones (excluding diaryl/α,β-unsaturated/α-hetero) is 1. The average molecular weight is 583 g/mol. The molecule has 3 saturated heterocycles. The van der Waals surface area contributed by atoms with Crippen LogP contribution in [0.2, 0.25) is 0 Å². The molecule has 1 aliphatic carbocycles. The number of ether oxygens (including phenoxy) is 1. The van der Waals surface area contributed by atoms with Crippen LogP contribution in [0.3, 0.4) is 0 Å². The number of thioether (sulfide) groups is 1. The second kappa shape index (κ2) is 11.7. The van der Waals surface area contributed by atoms with Crippen LogP contribution in [0.5, 0.6) is 0 Å². The molecule has 1 amide bonds. The molecular weight excluding hydrogens is 543 g/mol. The Labute approximate surface area is 245 Å². The van der Waals surface area contributed by atoms with Gasteiger partial charge in [0.1, 0.15) is 5.82 Å². The summed E-state index contributed by atoms with van der Waals surface area (Å²) in [5, 5.41) is 16.7. The summed E-state index contributed by atoms with van der Waals surface area (Å²) in [6.07, 6.45) is 5.06. The van der Waals surface area contributed by atoms with Gasteiger partial charge >= 0.3 is 0 Å². The lowest BCUT2D eigenvalue weighted by Gasteiger charge is -2.54. The van der Waals surface area contributed by atoms with Crippen molar-refractivity contribution in [2.75, 3.05) is 39.8 Å². The van der Waals surface area contributed by atoms with Gasteiger partial charge in [-0.1, -0.05) is 18.7 Å². The van der Waals surface area contributed by atoms with Crippen LogP contribution in [-0.2, 0) is 20.7 Å². The Bertz CT molecular complexity index is 1240. The number of nitriles is 1. The molecule has 0 aromatic heterocycles. The lowest BCUT2D eigenvalue weighted by Crippen LogP contribution is -2.75. The number of halogens is 1. The summed E-state index contributed by atoms with van der Waals surface area (Å²) in [6, 6.07) is 6.99. The molecule has 6 rings (SSSR count). The number of likely N-dealkylation sites (tertiary alicyclic amines) is 1. The fourth-order valence-electron chi connectivity index (χ4n) is 7.51. The smallest absolute Gasteiger partial charge is 0.246 e. The van der Waals surface area contributed by atoms with Gasteiger partial charge in [-0.3, -0.25) is 25.1 Å². The van der Waals surface area contributed by atoms with Crippen molar-refractivity contribution in [2.45, 2.75) is 78.8 Å². The molecule has 6 unspecified atom stereocenters. The van der Waals surface area contributed by atoms with E-state index in [1.165, 1.54) is 23.9 Å². The number of carbonyl (C=O) groups is 2. The largest absolute Gasteiger partial charge is 0.348 e. The molecule has 1 saturated carbocycles. The number of ketones is 1. The molecule has 1 aromatic carbocycles. The second-order valence-electron chi connectivity index (χ2n) is 12.1. The molecule has 41 heavy (non-hydrogen) atoms. The first-order valence-corrected chi connectivity index (χ1v) is 15.5. The van der Waals surface area contributed by atoms with Crippen molar-refractivity contribution in [1.82, 2.24) is 25.3 Å². The number of rotatable bonds is 6. The van der Waals surface area contributed by atoms with Crippen LogP contribution in [-0.4, -0.2) is 102 Å². The Hall–Kier alpha value is -2.33. The lowest BCUT2D eigenvalue weighted by molar-refractivity contribution is -0.144. The van der Waals surface area contributed by atoms with Crippen LogP contribution in [0.25, 0.3) is 0 Å². The van der Waals surface area contributed by atoms with E-state index in [-0.39, 0.29) is 42.1 Å². The van der Waals surface area contributed by atoms with E-state index in [0.717, 1.165) is 31.4 Å². The van der Waals surface area contributed by atoms with Crippen LogP contribution in [0.15, 0.2) is 35.7 Å². The van der Waals surface area contributed by atoms with Crippen LogP contribution in [0, 0.1) is 23.1 Å². The van der Waals surface area contributed by atoms with Crippen LogP contribution in [0.4, 0.5) is 4.39 Å². The van der Waals surface area contributed by atoms with Crippen molar-refractivity contribution >= 4 is 23.5 Å². The number of benzene rings is 1. The van der Waals surface area contributed by atoms with Crippen molar-refractivity contribution in [2.24, 2.45) is 5.92 Å². The van der Waals surface area contributed by atoms with Gasteiger partial charge in [0.2, 0.25) is 5.91 Å². The molecule has 4 fully saturated rings. The zero-order valence-electron chi connectivity index (χ0n) is 23.6. The average Bonchev–Trinajstić information content (AvgIpc) is 3.57. The first-order chi connectivity index (χ1) is 19.8. The summed E-state index contributed by atoms with van der Waals surface area (Å²) < 4.78 is 20.4. The van der Waals surface area contributed by atoms with E-state index >= 15 is 0 Å². The quantitative estimate of drug-likeness (QED) is 0.489. The van der Waals surface area contributed by atoms with Gasteiger partial charge in [0.15, 0.2) is 12.1 Å². The number of amides is 1. The third-order valence-corrected chi connectivity index (χ3v) is 11.3. The molecule has 1 aromatic rings. The van der Waals surface area contributed by atoms with E-state index in [9.17, 15) is 19.2 Å². The third-order valence-electron chi connectivity index (χ3n) is 9.74. The Kier molecular flexibility index (Phi) is 8.24. The van der Waals surface area contributed by atoms with E-state index in [1.807, 2.05) is 6.07 Å². The van der Waals surface area contributed by atoms with E-state index in [1.54, 1.807) is 11.0 Å². The number of nitrogens with zero attached hydrogens (tertiary/aromatic N) is 4. The first-order valence-electron chi connectivity index (χ1n) is 14.7. The molecule has 7 atom stereocenters. The zero-order chi connectivity index (χ0) is 28.7. The Morgan fingerprint density at radius 2 is 2.15 bits per heavy atom. The lowest BCUT2D eigenvalue weighted by atomic mass is 9.72. The third kappa shape index (κ3) is 5.35. The van der Waals surface area contributed by atoms with Crippen molar-refractivity contribution in [3.05, 3.63) is 42.2 Å². The monoisotopic (exact) mass is 582 g/mol. The molecular formula is C30H39FN6O3S. The molecule has 0 bridgehead atoms. The van der Waals surface area contributed by atoms with Gasteiger partial charge in [0, 0.05) is 36.5 Å². The zero-order valence-corrected chi connectivity index (χ0v) is 24.4. The second-order valence-corrected chi connectivity index (χ2v) is 13.5. The summed E-state index contributed by atoms with van der Waals surface area (Å²) in [4.78, 5) is 33.8. The van der Waals surface area contributed by atoms with Gasteiger partial charge in [-0.2, -0.15) is 5.26 Å². The summed E-state index contributed by atoms with van der Waals surface area (Å²) in [5.41, 5.74) is 0.909. The van der Waals surface area contributed by atoms with Gasteiger partial charge in [-0.15, -0.1) is 11.8 Å². The molecule has 11 heteroatoms. The predicted octanol–water partition coefficient (Wildman–Crippen LogP) is 2.09. The fourth-order valence-corrected chi connectivity index (χ4v) is 9.01. The number of piperazine rings is 1. The molecule has 2 N–H and O–H groups in total. The first kappa shape index (κ1) is 28.8. The summed E-state index contributed by atoms with van der Waals surface area (Å²) in [7, 11) is 2.11. The highest BCUT2D eigenvalue weighted by molar-refractivity contribution is 8.01. The highest BCUT2D eigenvalue weighted by Gasteiger charge is 2.57. The number of nitrogens with one attached hydrogen (secondary N) is 2. The maximum atomic E-state index is 14.7. The standard InChI is InChI=1S/C30H39FN6O3S/c1-3-24(38)37-15-14-36(17-20(37)10-12-32)28-22-9-11-30(16-19-6-4-8-23(31)26(19)41-30)27(39)25(22)33-29(34-28)40-18-21-7-5-13-35(21)2/h3-4,6,8,20-22,25,28-29,33-34H,1,5,7,9-11,13-18H2,2H3/t20?,21?,22?,25?,28?,29?,30-/m1/s1. The maximum Gasteiger partial charge on any atom is 0.246 e. The van der Waals surface area contributed by atoms with Gasteiger partial charge in [0.25, 0.3) is 0 Å². The molecule has 9 nitrogen and oxygen atoms in total. The topological polar surface area (TPSA) is 101 Å². The van der Waals surface area contributed by atoms with Crippen molar-refractivity contribution in [1.29, 1.82) is 5.26 Å². The number of hydrogen-bond donors (Lipinski definition) is 2. The van der Waals surface area contributed by atoms with Gasteiger partial charge in [0.05, 0.1) is 42.1 Å². The van der Waals surface area contributed by atoms with E-state index in [4.69, 9.17) is 4.74 Å². The summed E-state index contributed by atoms with van der Waals surface area (Å²) in [6.45, 7) is 6.86.